The first-order valence-corrected chi connectivity index (χ1v) is 1.91. The van der Waals surface area contributed by atoms with Crippen LogP contribution in [0.1, 0.15) is 13.3 Å². The maximum atomic E-state index is 11.1. The molecule has 0 aromatic rings. The van der Waals surface area contributed by atoms with Crippen LogP contribution in [0.15, 0.2) is 0 Å². The van der Waals surface area contributed by atoms with Gasteiger partial charge in [0.1, 0.15) is 0 Å². The fraction of sp³-hybridized carbons (Fsp3) is 0.500. The fourth-order valence-corrected chi connectivity index (χ4v) is 0.139. The predicted octanol–water partition coefficient (Wildman–Crippen LogP) is 0.462. The van der Waals surface area contributed by atoms with Crippen LogP contribution in [0.25, 0.3) is 0 Å². The zero-order valence-corrected chi connectivity index (χ0v) is 3.90. The van der Waals surface area contributed by atoms with Gasteiger partial charge in [0.15, 0.2) is 0 Å². The second-order valence-electron chi connectivity index (χ2n) is 1.05. The molecule has 0 amide bonds. The third kappa shape index (κ3) is 2.03. The Labute approximate surface area is 40.3 Å². The monoisotopic (exact) mass is 104 g/mol. The maximum absolute atomic E-state index is 11.1. The van der Waals surface area contributed by atoms with E-state index < -0.39 is 11.8 Å². The highest BCUT2D eigenvalue weighted by atomic mass is 19.1. The minimum atomic E-state index is -1.84. The van der Waals surface area contributed by atoms with E-state index in [1.165, 1.54) is 6.92 Å². The van der Waals surface area contributed by atoms with Gasteiger partial charge in [-0.1, -0.05) is 6.92 Å². The Morgan fingerprint density at radius 3 is 2.00 bits per heavy atom. The molecule has 0 aromatic carbocycles. The van der Waals surface area contributed by atoms with Gasteiger partial charge in [0.2, 0.25) is 5.78 Å². The van der Waals surface area contributed by atoms with E-state index >= 15 is 0 Å². The van der Waals surface area contributed by atoms with E-state index in [9.17, 15) is 14.0 Å². The molecule has 40 valence electrons. The molecule has 0 saturated heterocycles. The Kier molecular flexibility index (Phi) is 2.19. The van der Waals surface area contributed by atoms with Crippen molar-refractivity contribution in [2.75, 3.05) is 0 Å². The summed E-state index contributed by atoms with van der Waals surface area (Å²) in [5, 5.41) is 0. The number of hydrogen-bond acceptors (Lipinski definition) is 2. The van der Waals surface area contributed by atoms with Crippen LogP contribution in [0.5, 0.6) is 0 Å². The van der Waals surface area contributed by atoms with Crippen molar-refractivity contribution in [1.82, 2.24) is 0 Å². The van der Waals surface area contributed by atoms with Gasteiger partial charge in [-0.2, -0.15) is 4.39 Å². The van der Waals surface area contributed by atoms with Crippen molar-refractivity contribution >= 4 is 11.8 Å². The molecule has 0 unspecified atom stereocenters. The molecule has 0 saturated carbocycles. The zero-order chi connectivity index (χ0) is 5.86. The van der Waals surface area contributed by atoms with Crippen molar-refractivity contribution in [3.8, 4) is 0 Å². The Hall–Kier alpha value is -0.730. The summed E-state index contributed by atoms with van der Waals surface area (Å²) >= 11 is 0. The first-order valence-electron chi connectivity index (χ1n) is 1.91. The number of carbonyl (C=O) groups excluding carboxylic acids is 2. The lowest BCUT2D eigenvalue weighted by molar-refractivity contribution is -0.143. The summed E-state index contributed by atoms with van der Waals surface area (Å²) in [6, 6.07) is -1.84. The second-order valence-corrected chi connectivity index (χ2v) is 1.05. The van der Waals surface area contributed by atoms with Gasteiger partial charge < -0.3 is 0 Å². The number of hydrogen-bond donors (Lipinski definition) is 0. The Bertz CT molecular complexity index is 97.9. The lowest BCUT2D eigenvalue weighted by Gasteiger charge is -1.77. The first-order chi connectivity index (χ1) is 3.18. The van der Waals surface area contributed by atoms with Gasteiger partial charge in [0, 0.05) is 6.42 Å². The van der Waals surface area contributed by atoms with Crippen LogP contribution in [0.4, 0.5) is 4.39 Å². The maximum Gasteiger partial charge on any atom is 0.367 e. The normalized spacial score (nSPS) is 8.29. The van der Waals surface area contributed by atoms with Gasteiger partial charge in [0.25, 0.3) is 0 Å². The lowest BCUT2D eigenvalue weighted by atomic mass is 10.3. The fourth-order valence-electron chi connectivity index (χ4n) is 0.139. The number of carbonyl (C=O) groups is 2. The molecule has 7 heavy (non-hydrogen) atoms. The number of Topliss-reactive ketones (excluding diaryl/α,β-unsaturated/α-hetero) is 1. The molecule has 0 aromatic heterocycles. The van der Waals surface area contributed by atoms with Gasteiger partial charge >= 0.3 is 6.04 Å². The summed E-state index contributed by atoms with van der Waals surface area (Å²) in [6.45, 7) is 1.43. The van der Waals surface area contributed by atoms with Gasteiger partial charge in [-0.05, 0) is 0 Å². The summed E-state index contributed by atoms with van der Waals surface area (Å²) in [6.07, 6.45) is -0.0463. The number of rotatable bonds is 2. The highest BCUT2D eigenvalue weighted by molar-refractivity contribution is 6.32. The standard InChI is InChI=1S/C4H5FO2/c1-2-3(6)4(5)7/h2H2,1H3. The SMILES string of the molecule is CCC(=O)C(=O)F. The molecule has 3 heteroatoms. The van der Waals surface area contributed by atoms with Gasteiger partial charge in [-0.25, -0.2) is 0 Å². The first kappa shape index (κ1) is 6.27. The van der Waals surface area contributed by atoms with Crippen molar-refractivity contribution < 1.29 is 14.0 Å². The van der Waals surface area contributed by atoms with Gasteiger partial charge in [0.05, 0.1) is 0 Å². The molecule has 0 radical (unpaired) electrons. The molecule has 0 fully saturated rings. The van der Waals surface area contributed by atoms with Crippen LogP contribution < -0.4 is 0 Å². The van der Waals surface area contributed by atoms with E-state index in [1.54, 1.807) is 0 Å². The van der Waals surface area contributed by atoms with Gasteiger partial charge in [-0.15, -0.1) is 0 Å². The molecule has 0 heterocycles. The molecular formula is C4H5FO2. The minimum absolute atomic E-state index is 0.0463. The van der Waals surface area contributed by atoms with E-state index in [4.69, 9.17) is 0 Å². The molecule has 0 rings (SSSR count). The lowest BCUT2D eigenvalue weighted by Crippen LogP contribution is -2.04. The van der Waals surface area contributed by atoms with E-state index in [2.05, 4.69) is 0 Å². The van der Waals surface area contributed by atoms with E-state index in [0.29, 0.717) is 0 Å². The van der Waals surface area contributed by atoms with Crippen molar-refractivity contribution in [1.29, 1.82) is 0 Å². The summed E-state index contributed by atoms with van der Waals surface area (Å²) in [5.74, 6) is -0.958. The van der Waals surface area contributed by atoms with E-state index in [1.807, 2.05) is 0 Å². The van der Waals surface area contributed by atoms with Crippen molar-refractivity contribution in [3.63, 3.8) is 0 Å². The van der Waals surface area contributed by atoms with E-state index in [0.717, 1.165) is 0 Å². The number of halogens is 1. The molecule has 0 aliphatic carbocycles. The minimum Gasteiger partial charge on any atom is -0.288 e. The highest BCUT2D eigenvalue weighted by Crippen LogP contribution is 1.81. The predicted molar refractivity (Wildman–Crippen MR) is 21.4 cm³/mol. The zero-order valence-electron chi connectivity index (χ0n) is 3.90. The smallest absolute Gasteiger partial charge is 0.288 e. The van der Waals surface area contributed by atoms with Crippen LogP contribution >= 0.6 is 0 Å². The van der Waals surface area contributed by atoms with Crippen LogP contribution in [0, 0.1) is 0 Å². The third-order valence-corrected chi connectivity index (χ3v) is 0.540. The summed E-state index contributed by atoms with van der Waals surface area (Å²) in [7, 11) is 0. The van der Waals surface area contributed by atoms with Crippen LogP contribution in [0.3, 0.4) is 0 Å². The molecule has 0 aliphatic heterocycles. The molecule has 0 spiro atoms. The molecule has 2 nitrogen and oxygen atoms in total. The topological polar surface area (TPSA) is 34.1 Å². The number of ketones is 1. The van der Waals surface area contributed by atoms with Crippen molar-refractivity contribution in [2.45, 2.75) is 13.3 Å². The van der Waals surface area contributed by atoms with Crippen LogP contribution in [-0.4, -0.2) is 11.8 Å². The Morgan fingerprint density at radius 2 is 2.00 bits per heavy atom. The van der Waals surface area contributed by atoms with E-state index in [-0.39, 0.29) is 6.42 Å². The molecule has 0 atom stereocenters. The molecule has 0 N–H and O–H groups in total. The summed E-state index contributed by atoms with van der Waals surface area (Å²) in [4.78, 5) is 19.1. The largest absolute Gasteiger partial charge is 0.367 e. The van der Waals surface area contributed by atoms with Crippen molar-refractivity contribution in [2.24, 2.45) is 0 Å². The third-order valence-electron chi connectivity index (χ3n) is 0.540. The average molecular weight is 104 g/mol. The highest BCUT2D eigenvalue weighted by Gasteiger charge is 2.06. The Balaban J connectivity index is 3.58. The van der Waals surface area contributed by atoms with Crippen LogP contribution in [-0.2, 0) is 9.59 Å². The second kappa shape index (κ2) is 2.44. The molecular weight excluding hydrogens is 99.0 g/mol. The average Bonchev–Trinajstić information content (AvgIpc) is 1.65. The van der Waals surface area contributed by atoms with Crippen molar-refractivity contribution in [3.05, 3.63) is 0 Å². The summed E-state index contributed by atoms with van der Waals surface area (Å²) in [5.41, 5.74) is 0. The van der Waals surface area contributed by atoms with Crippen LogP contribution in [0.2, 0.25) is 0 Å². The van der Waals surface area contributed by atoms with Gasteiger partial charge in [-0.3, -0.25) is 9.59 Å². The quantitative estimate of drug-likeness (QED) is 0.376. The summed E-state index contributed by atoms with van der Waals surface area (Å²) < 4.78 is 11.1. The molecule has 0 bridgehead atoms. The molecule has 0 aliphatic rings. The Morgan fingerprint density at radius 1 is 1.57 bits per heavy atom.